The number of rotatable bonds is 9. The van der Waals surface area contributed by atoms with Crippen molar-refractivity contribution in [3.05, 3.63) is 0 Å². The van der Waals surface area contributed by atoms with E-state index in [1.807, 2.05) is 41.5 Å². The van der Waals surface area contributed by atoms with Gasteiger partial charge >= 0.3 is 0 Å². The summed E-state index contributed by atoms with van der Waals surface area (Å²) in [7, 11) is 0. The number of hydrogen-bond acceptors (Lipinski definition) is 4. The standard InChI is InChI=1S/C15H32O4/c1-11(9-16)15(6,7)18-10-13(3)19-14(4,5)8-12(2)17/h11-13,16-17H,8-10H2,1-7H3. The lowest BCUT2D eigenvalue weighted by Crippen LogP contribution is -2.40. The zero-order chi connectivity index (χ0) is 15.3. The summed E-state index contributed by atoms with van der Waals surface area (Å²) in [6.07, 6.45) is 0.154. The Morgan fingerprint density at radius 1 is 1.05 bits per heavy atom. The molecule has 116 valence electrons. The van der Waals surface area contributed by atoms with Crippen molar-refractivity contribution < 1.29 is 19.7 Å². The van der Waals surface area contributed by atoms with Crippen LogP contribution in [-0.2, 0) is 9.47 Å². The van der Waals surface area contributed by atoms with Gasteiger partial charge in [-0.2, -0.15) is 0 Å². The van der Waals surface area contributed by atoms with E-state index in [4.69, 9.17) is 9.47 Å². The smallest absolute Gasteiger partial charge is 0.0788 e. The molecule has 2 N–H and O–H groups in total. The minimum absolute atomic E-state index is 0.0566. The van der Waals surface area contributed by atoms with Crippen LogP contribution in [-0.4, -0.2) is 46.8 Å². The molecule has 0 heterocycles. The summed E-state index contributed by atoms with van der Waals surface area (Å²) in [4.78, 5) is 0. The average molecular weight is 276 g/mol. The van der Waals surface area contributed by atoms with E-state index < -0.39 is 0 Å². The summed E-state index contributed by atoms with van der Waals surface area (Å²) in [6, 6.07) is 0. The van der Waals surface area contributed by atoms with Crippen LogP contribution in [0.15, 0.2) is 0 Å². The molecule has 0 rings (SSSR count). The fourth-order valence-corrected chi connectivity index (χ4v) is 2.03. The quantitative estimate of drug-likeness (QED) is 0.679. The van der Waals surface area contributed by atoms with Gasteiger partial charge in [-0.05, 0) is 41.5 Å². The first-order valence-corrected chi connectivity index (χ1v) is 7.11. The van der Waals surface area contributed by atoms with Crippen molar-refractivity contribution in [1.82, 2.24) is 0 Å². The number of aliphatic hydroxyl groups is 2. The summed E-state index contributed by atoms with van der Waals surface area (Å²) < 4.78 is 11.8. The molecule has 0 aliphatic rings. The summed E-state index contributed by atoms with van der Waals surface area (Å²) in [5, 5.41) is 18.6. The minimum Gasteiger partial charge on any atom is -0.396 e. The Balaban J connectivity index is 4.22. The highest BCUT2D eigenvalue weighted by molar-refractivity contribution is 4.77. The van der Waals surface area contributed by atoms with Gasteiger partial charge in [0.2, 0.25) is 0 Å². The van der Waals surface area contributed by atoms with E-state index in [1.165, 1.54) is 0 Å². The van der Waals surface area contributed by atoms with Crippen molar-refractivity contribution in [3.8, 4) is 0 Å². The zero-order valence-electron chi connectivity index (χ0n) is 13.6. The van der Waals surface area contributed by atoms with Gasteiger partial charge in [0.1, 0.15) is 0 Å². The Labute approximate surface area is 118 Å². The maximum atomic E-state index is 9.43. The number of aliphatic hydroxyl groups excluding tert-OH is 2. The lowest BCUT2D eigenvalue weighted by atomic mass is 9.93. The maximum absolute atomic E-state index is 9.43. The van der Waals surface area contributed by atoms with Crippen LogP contribution in [0.4, 0.5) is 0 Å². The van der Waals surface area contributed by atoms with E-state index in [9.17, 15) is 10.2 Å². The van der Waals surface area contributed by atoms with Gasteiger partial charge in [-0.25, -0.2) is 0 Å². The van der Waals surface area contributed by atoms with Gasteiger partial charge in [-0.1, -0.05) is 6.92 Å². The van der Waals surface area contributed by atoms with E-state index in [2.05, 4.69) is 0 Å². The predicted molar refractivity (Wildman–Crippen MR) is 77.2 cm³/mol. The van der Waals surface area contributed by atoms with Crippen molar-refractivity contribution >= 4 is 0 Å². The fourth-order valence-electron chi connectivity index (χ4n) is 2.03. The molecule has 4 nitrogen and oxygen atoms in total. The van der Waals surface area contributed by atoms with Crippen molar-refractivity contribution in [2.45, 2.75) is 78.3 Å². The topological polar surface area (TPSA) is 58.9 Å². The monoisotopic (exact) mass is 276 g/mol. The molecular formula is C15H32O4. The SMILES string of the molecule is CC(O)CC(C)(C)OC(C)COC(C)(C)C(C)CO. The van der Waals surface area contributed by atoms with Crippen LogP contribution in [0, 0.1) is 5.92 Å². The molecule has 0 aromatic carbocycles. The molecule has 3 atom stereocenters. The molecule has 0 aliphatic carbocycles. The zero-order valence-corrected chi connectivity index (χ0v) is 13.6. The molecule has 0 amide bonds. The molecule has 0 aliphatic heterocycles. The Kier molecular flexibility index (Phi) is 7.51. The van der Waals surface area contributed by atoms with Crippen molar-refractivity contribution in [3.63, 3.8) is 0 Å². The third-order valence-electron chi connectivity index (χ3n) is 3.46. The summed E-state index contributed by atoms with van der Waals surface area (Å²) in [5.74, 6) is 0.0742. The van der Waals surface area contributed by atoms with Crippen LogP contribution in [0.2, 0.25) is 0 Å². The van der Waals surface area contributed by atoms with Gasteiger partial charge in [0.25, 0.3) is 0 Å². The summed E-state index contributed by atoms with van der Waals surface area (Å²) >= 11 is 0. The largest absolute Gasteiger partial charge is 0.396 e. The van der Waals surface area contributed by atoms with E-state index in [1.54, 1.807) is 6.92 Å². The van der Waals surface area contributed by atoms with Crippen LogP contribution < -0.4 is 0 Å². The lowest BCUT2D eigenvalue weighted by molar-refractivity contribution is -0.145. The third kappa shape index (κ3) is 7.88. The molecule has 0 saturated carbocycles. The van der Waals surface area contributed by atoms with Crippen molar-refractivity contribution in [1.29, 1.82) is 0 Å². The van der Waals surface area contributed by atoms with Gasteiger partial charge < -0.3 is 19.7 Å². The molecule has 4 heteroatoms. The molecule has 0 aromatic heterocycles. The van der Waals surface area contributed by atoms with Crippen LogP contribution >= 0.6 is 0 Å². The van der Waals surface area contributed by atoms with Gasteiger partial charge in [0, 0.05) is 18.9 Å². The average Bonchev–Trinajstić information content (AvgIpc) is 2.22. The number of ether oxygens (including phenoxy) is 2. The van der Waals surface area contributed by atoms with Gasteiger partial charge in [-0.3, -0.25) is 0 Å². The molecule has 0 bridgehead atoms. The second kappa shape index (κ2) is 7.58. The van der Waals surface area contributed by atoms with Gasteiger partial charge in [-0.15, -0.1) is 0 Å². The number of hydrogen-bond donors (Lipinski definition) is 2. The van der Waals surface area contributed by atoms with Gasteiger partial charge in [0.15, 0.2) is 0 Å². The van der Waals surface area contributed by atoms with Gasteiger partial charge in [0.05, 0.1) is 30.0 Å². The molecule has 0 radical (unpaired) electrons. The highest BCUT2D eigenvalue weighted by Gasteiger charge is 2.28. The maximum Gasteiger partial charge on any atom is 0.0788 e. The summed E-state index contributed by atoms with van der Waals surface area (Å²) in [5.41, 5.74) is -0.746. The Bertz CT molecular complexity index is 249. The van der Waals surface area contributed by atoms with Crippen molar-refractivity contribution in [2.75, 3.05) is 13.2 Å². The van der Waals surface area contributed by atoms with Crippen LogP contribution in [0.25, 0.3) is 0 Å². The Morgan fingerprint density at radius 2 is 1.58 bits per heavy atom. The highest BCUT2D eigenvalue weighted by atomic mass is 16.6. The molecular weight excluding hydrogens is 244 g/mol. The molecule has 0 spiro atoms. The first-order chi connectivity index (χ1) is 8.50. The highest BCUT2D eigenvalue weighted by Crippen LogP contribution is 2.23. The van der Waals surface area contributed by atoms with E-state index in [0.717, 1.165) is 0 Å². The Hall–Kier alpha value is -0.160. The molecule has 3 unspecified atom stereocenters. The minimum atomic E-state index is -0.381. The fraction of sp³-hybridized carbons (Fsp3) is 1.00. The second-order valence-electron chi connectivity index (χ2n) is 6.74. The normalized spacial score (nSPS) is 18.2. The third-order valence-corrected chi connectivity index (χ3v) is 3.46. The first-order valence-electron chi connectivity index (χ1n) is 7.11. The van der Waals surface area contributed by atoms with Crippen LogP contribution in [0.3, 0.4) is 0 Å². The van der Waals surface area contributed by atoms with E-state index in [-0.39, 0.29) is 35.9 Å². The van der Waals surface area contributed by atoms with Crippen molar-refractivity contribution in [2.24, 2.45) is 5.92 Å². The molecule has 0 fully saturated rings. The lowest BCUT2D eigenvalue weighted by Gasteiger charge is -2.34. The van der Waals surface area contributed by atoms with E-state index >= 15 is 0 Å². The molecule has 0 saturated heterocycles. The Morgan fingerprint density at radius 3 is 2.00 bits per heavy atom. The first kappa shape index (κ1) is 18.8. The molecule has 0 aromatic rings. The van der Waals surface area contributed by atoms with Crippen LogP contribution in [0.1, 0.15) is 54.9 Å². The summed E-state index contributed by atoms with van der Waals surface area (Å²) in [6.45, 7) is 14.2. The predicted octanol–water partition coefficient (Wildman–Crippen LogP) is 2.36. The second-order valence-corrected chi connectivity index (χ2v) is 6.74. The van der Waals surface area contributed by atoms with E-state index in [0.29, 0.717) is 13.0 Å². The molecule has 19 heavy (non-hydrogen) atoms. The van der Waals surface area contributed by atoms with Crippen LogP contribution in [0.5, 0.6) is 0 Å².